The van der Waals surface area contributed by atoms with Gasteiger partial charge in [-0.05, 0) is 24.1 Å². The van der Waals surface area contributed by atoms with Crippen LogP contribution in [0.15, 0.2) is 88.5 Å². The number of fused-ring (bicyclic) bond motifs is 5. The second kappa shape index (κ2) is 8.52. The van der Waals surface area contributed by atoms with Gasteiger partial charge >= 0.3 is 5.69 Å². The number of anilines is 1. The Balaban J connectivity index is 1.56. The van der Waals surface area contributed by atoms with Crippen LogP contribution in [0.2, 0.25) is 0 Å². The molecule has 0 aliphatic carbocycles. The third kappa shape index (κ3) is 3.38. The van der Waals surface area contributed by atoms with E-state index in [0.29, 0.717) is 39.8 Å². The zero-order valence-electron chi connectivity index (χ0n) is 21.4. The van der Waals surface area contributed by atoms with Crippen molar-refractivity contribution in [1.29, 1.82) is 0 Å². The Morgan fingerprint density at radius 1 is 0.769 bits per heavy atom. The highest BCUT2D eigenvalue weighted by atomic mass is 16.3. The molecule has 2 N–H and O–H groups in total. The van der Waals surface area contributed by atoms with Crippen molar-refractivity contribution in [3.8, 4) is 5.75 Å². The summed E-state index contributed by atoms with van der Waals surface area (Å²) in [4.78, 5) is 36.4. The maximum atomic E-state index is 13.5. The normalized spacial score (nSPS) is 16.9. The Morgan fingerprint density at radius 2 is 1.38 bits per heavy atom. The highest BCUT2D eigenvalue weighted by molar-refractivity contribution is 6.10. The molecule has 3 heterocycles. The quantitative estimate of drug-likeness (QED) is 0.255. The average molecular weight is 516 g/mol. The van der Waals surface area contributed by atoms with E-state index in [2.05, 4.69) is 5.32 Å². The SMILES string of the molecule is Cn1c2c(c(=O)n(C)c1=O)C(c1ccccc1)CC(c1c(O)c3ccccc3c3nc4ccccc4nc13)N2. The van der Waals surface area contributed by atoms with E-state index >= 15 is 0 Å². The van der Waals surface area contributed by atoms with E-state index in [4.69, 9.17) is 9.97 Å². The minimum absolute atomic E-state index is 0.115. The molecule has 2 aromatic heterocycles. The molecule has 0 amide bonds. The van der Waals surface area contributed by atoms with Gasteiger partial charge in [0.1, 0.15) is 11.6 Å². The van der Waals surface area contributed by atoms with E-state index in [1.807, 2.05) is 78.9 Å². The summed E-state index contributed by atoms with van der Waals surface area (Å²) < 4.78 is 2.62. The van der Waals surface area contributed by atoms with Crippen LogP contribution in [0.5, 0.6) is 5.75 Å². The molecule has 7 rings (SSSR count). The molecule has 192 valence electrons. The smallest absolute Gasteiger partial charge is 0.332 e. The van der Waals surface area contributed by atoms with Crippen molar-refractivity contribution in [3.05, 3.63) is 116 Å². The summed E-state index contributed by atoms with van der Waals surface area (Å²) >= 11 is 0. The van der Waals surface area contributed by atoms with Gasteiger partial charge in [-0.2, -0.15) is 0 Å². The van der Waals surface area contributed by atoms with Crippen LogP contribution < -0.4 is 16.6 Å². The Morgan fingerprint density at radius 3 is 2.10 bits per heavy atom. The summed E-state index contributed by atoms with van der Waals surface area (Å²) in [5.41, 5.74) is 4.11. The predicted molar refractivity (Wildman–Crippen MR) is 152 cm³/mol. The van der Waals surface area contributed by atoms with Crippen molar-refractivity contribution in [2.45, 2.75) is 18.4 Å². The molecule has 0 spiro atoms. The third-order valence-electron chi connectivity index (χ3n) is 7.90. The first-order chi connectivity index (χ1) is 18.9. The summed E-state index contributed by atoms with van der Waals surface area (Å²) in [6.45, 7) is 0. The van der Waals surface area contributed by atoms with Gasteiger partial charge < -0.3 is 10.4 Å². The number of aromatic nitrogens is 4. The first-order valence-corrected chi connectivity index (χ1v) is 12.9. The second-order valence-electron chi connectivity index (χ2n) is 10.1. The first-order valence-electron chi connectivity index (χ1n) is 12.9. The molecular weight excluding hydrogens is 490 g/mol. The Labute approximate surface area is 222 Å². The van der Waals surface area contributed by atoms with Crippen LogP contribution in [-0.2, 0) is 14.1 Å². The van der Waals surface area contributed by atoms with Crippen LogP contribution in [0.1, 0.15) is 35.1 Å². The Hall–Kier alpha value is -4.98. The number of nitrogens with one attached hydrogen (secondary N) is 1. The summed E-state index contributed by atoms with van der Waals surface area (Å²) in [6, 6.07) is 24.6. The zero-order valence-corrected chi connectivity index (χ0v) is 21.4. The van der Waals surface area contributed by atoms with Gasteiger partial charge in [0.2, 0.25) is 0 Å². The molecule has 6 aromatic rings. The number of aromatic hydroxyl groups is 1. The van der Waals surface area contributed by atoms with E-state index in [9.17, 15) is 14.7 Å². The van der Waals surface area contributed by atoms with Gasteiger partial charge in [-0.25, -0.2) is 14.8 Å². The standard InChI is InChI=1S/C31H25N5O3/c1-35-29-24(30(38)36(2)31(35)39)20(17-10-4-3-5-11-17)16-23(34-29)25-27-26(18-12-6-7-13-19(18)28(25)37)32-21-14-8-9-15-22(21)33-27/h3-15,20,23,34,37H,16H2,1-2H3. The van der Waals surface area contributed by atoms with Crippen molar-refractivity contribution in [1.82, 2.24) is 19.1 Å². The van der Waals surface area contributed by atoms with Gasteiger partial charge in [-0.3, -0.25) is 13.9 Å². The van der Waals surface area contributed by atoms with E-state index < -0.39 is 11.7 Å². The maximum Gasteiger partial charge on any atom is 0.332 e. The van der Waals surface area contributed by atoms with E-state index in [1.54, 1.807) is 7.05 Å². The molecule has 0 saturated carbocycles. The fourth-order valence-electron chi connectivity index (χ4n) is 5.97. The molecule has 8 nitrogen and oxygen atoms in total. The van der Waals surface area contributed by atoms with Crippen LogP contribution in [0.4, 0.5) is 5.82 Å². The lowest BCUT2D eigenvalue weighted by Crippen LogP contribution is -2.43. The second-order valence-corrected chi connectivity index (χ2v) is 10.1. The monoisotopic (exact) mass is 515 g/mol. The zero-order chi connectivity index (χ0) is 26.8. The molecule has 1 aliphatic heterocycles. The number of benzene rings is 4. The van der Waals surface area contributed by atoms with E-state index in [-0.39, 0.29) is 17.2 Å². The number of hydrogen-bond donors (Lipinski definition) is 2. The lowest BCUT2D eigenvalue weighted by molar-refractivity contribution is 0.463. The van der Waals surface area contributed by atoms with Gasteiger partial charge in [-0.1, -0.05) is 66.7 Å². The van der Waals surface area contributed by atoms with Crippen molar-refractivity contribution in [2.24, 2.45) is 14.1 Å². The number of hydrogen-bond acceptors (Lipinski definition) is 6. The van der Waals surface area contributed by atoms with Gasteiger partial charge in [0.05, 0.1) is 33.7 Å². The Kier molecular flexibility index (Phi) is 5.06. The molecule has 0 fully saturated rings. The Bertz CT molecular complexity index is 2060. The molecule has 8 heteroatoms. The van der Waals surface area contributed by atoms with Crippen LogP contribution in [0, 0.1) is 0 Å². The van der Waals surface area contributed by atoms with Crippen molar-refractivity contribution < 1.29 is 5.11 Å². The maximum absolute atomic E-state index is 13.5. The first kappa shape index (κ1) is 23.2. The summed E-state index contributed by atoms with van der Waals surface area (Å²) in [6.07, 6.45) is 0.472. The number of rotatable bonds is 2. The fourth-order valence-corrected chi connectivity index (χ4v) is 5.97. The fraction of sp³-hybridized carbons (Fsp3) is 0.161. The molecule has 2 atom stereocenters. The molecular formula is C31H25N5O3. The van der Waals surface area contributed by atoms with Crippen LogP contribution >= 0.6 is 0 Å². The molecule has 4 aromatic carbocycles. The van der Waals surface area contributed by atoms with E-state index in [1.165, 1.54) is 11.6 Å². The molecule has 0 saturated heterocycles. The van der Waals surface area contributed by atoms with E-state index in [0.717, 1.165) is 26.6 Å². The summed E-state index contributed by atoms with van der Waals surface area (Å²) in [5.74, 6) is 0.249. The minimum atomic E-state index is -0.456. The lowest BCUT2D eigenvalue weighted by atomic mass is 9.81. The van der Waals surface area contributed by atoms with Gasteiger partial charge in [0, 0.05) is 36.3 Å². The van der Waals surface area contributed by atoms with Crippen molar-refractivity contribution in [2.75, 3.05) is 5.32 Å². The van der Waals surface area contributed by atoms with Crippen LogP contribution in [-0.4, -0.2) is 24.2 Å². The largest absolute Gasteiger partial charge is 0.507 e. The number of phenols is 1. The van der Waals surface area contributed by atoms with Crippen molar-refractivity contribution >= 4 is 38.7 Å². The van der Waals surface area contributed by atoms with Gasteiger partial charge in [0.25, 0.3) is 5.56 Å². The number of nitrogens with zero attached hydrogens (tertiary/aromatic N) is 4. The third-order valence-corrected chi connectivity index (χ3v) is 7.90. The highest BCUT2D eigenvalue weighted by Gasteiger charge is 2.36. The molecule has 0 bridgehead atoms. The van der Waals surface area contributed by atoms with Gasteiger partial charge in [-0.15, -0.1) is 0 Å². The summed E-state index contributed by atoms with van der Waals surface area (Å²) in [7, 11) is 3.16. The lowest BCUT2D eigenvalue weighted by Gasteiger charge is -2.35. The van der Waals surface area contributed by atoms with Crippen LogP contribution in [0.3, 0.4) is 0 Å². The average Bonchev–Trinajstić information content (AvgIpc) is 2.98. The number of para-hydroxylation sites is 2. The minimum Gasteiger partial charge on any atom is -0.507 e. The highest BCUT2D eigenvalue weighted by Crippen LogP contribution is 2.47. The van der Waals surface area contributed by atoms with Crippen LogP contribution in [0.25, 0.3) is 32.8 Å². The molecule has 2 unspecified atom stereocenters. The molecule has 39 heavy (non-hydrogen) atoms. The topological polar surface area (TPSA) is 102 Å². The van der Waals surface area contributed by atoms with Gasteiger partial charge in [0.15, 0.2) is 0 Å². The predicted octanol–water partition coefficient (Wildman–Crippen LogP) is 4.73. The summed E-state index contributed by atoms with van der Waals surface area (Å²) in [5, 5.41) is 16.7. The number of phenolic OH excluding ortho intramolecular Hbond substituents is 1. The molecule has 0 radical (unpaired) electrons. The molecule has 1 aliphatic rings. The van der Waals surface area contributed by atoms with Crippen molar-refractivity contribution in [3.63, 3.8) is 0 Å².